The first-order valence-corrected chi connectivity index (χ1v) is 14.6. The van der Waals surface area contributed by atoms with Gasteiger partial charge >= 0.3 is 0 Å². The lowest BCUT2D eigenvalue weighted by atomic mass is 10.1. The van der Waals surface area contributed by atoms with Crippen LogP contribution in [0.15, 0.2) is 65.6 Å². The highest BCUT2D eigenvalue weighted by Crippen LogP contribution is 2.25. The SMILES string of the molecule is Cc1cc(C)cc(N([C@H](C)C(=O)Nc2ccc(S(=O)(=O)Nc3cc(C)ccc3C)cc2)S(C)(=O)=O)c1. The molecule has 0 spiro atoms. The van der Waals surface area contributed by atoms with Crippen LogP contribution in [0.5, 0.6) is 0 Å². The third-order valence-corrected chi connectivity index (χ3v) is 8.24. The molecule has 3 rings (SSSR count). The second-order valence-corrected chi connectivity index (χ2v) is 12.6. The molecule has 0 radical (unpaired) electrons. The molecule has 192 valence electrons. The molecule has 0 aromatic heterocycles. The lowest BCUT2D eigenvalue weighted by Gasteiger charge is -2.28. The van der Waals surface area contributed by atoms with E-state index >= 15 is 0 Å². The molecule has 3 aromatic carbocycles. The van der Waals surface area contributed by atoms with Gasteiger partial charge in [-0.2, -0.15) is 0 Å². The summed E-state index contributed by atoms with van der Waals surface area (Å²) in [4.78, 5) is 13.0. The van der Waals surface area contributed by atoms with Gasteiger partial charge in [0.2, 0.25) is 15.9 Å². The zero-order valence-corrected chi connectivity index (χ0v) is 22.8. The smallest absolute Gasteiger partial charge is 0.261 e. The number of amides is 1. The lowest BCUT2D eigenvalue weighted by molar-refractivity contribution is -0.116. The predicted octanol–water partition coefficient (Wildman–Crippen LogP) is 4.51. The van der Waals surface area contributed by atoms with Crippen molar-refractivity contribution in [2.75, 3.05) is 20.6 Å². The number of hydrogen-bond acceptors (Lipinski definition) is 5. The Morgan fingerprint density at radius 2 is 1.39 bits per heavy atom. The van der Waals surface area contributed by atoms with E-state index in [9.17, 15) is 21.6 Å². The molecule has 0 fully saturated rings. The molecule has 2 N–H and O–H groups in total. The Morgan fingerprint density at radius 3 is 1.94 bits per heavy atom. The Hall–Kier alpha value is -3.37. The van der Waals surface area contributed by atoms with Crippen molar-refractivity contribution in [1.29, 1.82) is 0 Å². The topological polar surface area (TPSA) is 113 Å². The summed E-state index contributed by atoms with van der Waals surface area (Å²) in [6.07, 6.45) is 1.05. The van der Waals surface area contributed by atoms with Crippen molar-refractivity contribution in [1.82, 2.24) is 0 Å². The third kappa shape index (κ3) is 6.44. The second kappa shape index (κ2) is 10.3. The fraction of sp³-hybridized carbons (Fsp3) is 0.269. The molecule has 8 nitrogen and oxygen atoms in total. The van der Waals surface area contributed by atoms with Gasteiger partial charge in [-0.25, -0.2) is 16.8 Å². The van der Waals surface area contributed by atoms with Crippen LogP contribution in [-0.2, 0) is 24.8 Å². The molecule has 1 atom stereocenters. The first-order chi connectivity index (χ1) is 16.7. The summed E-state index contributed by atoms with van der Waals surface area (Å²) in [7, 11) is -7.61. The van der Waals surface area contributed by atoms with Crippen molar-refractivity contribution < 1.29 is 21.6 Å². The molecule has 0 aliphatic heterocycles. The molecule has 0 saturated carbocycles. The van der Waals surface area contributed by atoms with E-state index in [1.165, 1.54) is 31.2 Å². The standard InChI is InChI=1S/C26H31N3O5S2/c1-17-7-8-20(4)25(16-17)28-36(33,34)24-11-9-22(10-12-24)27-26(30)21(5)29(35(6,31)32)23-14-18(2)13-19(3)15-23/h7-16,21,28H,1-6H3,(H,27,30)/t21-/m1/s1. The number of carbonyl (C=O) groups is 1. The number of aryl methyl sites for hydroxylation is 4. The van der Waals surface area contributed by atoms with Crippen molar-refractivity contribution in [2.45, 2.75) is 45.6 Å². The van der Waals surface area contributed by atoms with Crippen LogP contribution < -0.4 is 14.3 Å². The molecule has 0 heterocycles. The quantitative estimate of drug-likeness (QED) is 0.446. The molecule has 10 heteroatoms. The Bertz CT molecular complexity index is 1480. The molecular weight excluding hydrogens is 498 g/mol. The molecule has 0 aliphatic carbocycles. The largest absolute Gasteiger partial charge is 0.324 e. The molecule has 3 aromatic rings. The van der Waals surface area contributed by atoms with Gasteiger partial charge in [-0.3, -0.25) is 13.8 Å². The molecule has 0 saturated heterocycles. The summed E-state index contributed by atoms with van der Waals surface area (Å²) in [6.45, 7) is 8.90. The maximum absolute atomic E-state index is 13.0. The summed E-state index contributed by atoms with van der Waals surface area (Å²) in [6, 6.07) is 15.5. The lowest BCUT2D eigenvalue weighted by Crippen LogP contribution is -2.45. The van der Waals surface area contributed by atoms with Crippen molar-refractivity contribution in [3.8, 4) is 0 Å². The first-order valence-electron chi connectivity index (χ1n) is 11.3. The summed E-state index contributed by atoms with van der Waals surface area (Å²) in [5.74, 6) is -0.552. The second-order valence-electron chi connectivity index (χ2n) is 9.02. The van der Waals surface area contributed by atoms with Crippen LogP contribution in [0.4, 0.5) is 17.1 Å². The maximum Gasteiger partial charge on any atom is 0.261 e. The Kier molecular flexibility index (Phi) is 7.80. The summed E-state index contributed by atoms with van der Waals surface area (Å²) in [5, 5.41) is 2.68. The van der Waals surface area contributed by atoms with E-state index in [1.807, 2.05) is 45.9 Å². The van der Waals surface area contributed by atoms with E-state index < -0.39 is 32.0 Å². The van der Waals surface area contributed by atoms with Gasteiger partial charge in [0, 0.05) is 5.69 Å². The minimum atomic E-state index is -3.84. The predicted molar refractivity (Wildman–Crippen MR) is 144 cm³/mol. The van der Waals surface area contributed by atoms with Gasteiger partial charge in [-0.05, 0) is 99.3 Å². The van der Waals surface area contributed by atoms with Gasteiger partial charge in [0.05, 0.1) is 22.5 Å². The van der Waals surface area contributed by atoms with E-state index in [2.05, 4.69) is 10.0 Å². The van der Waals surface area contributed by atoms with E-state index in [4.69, 9.17) is 0 Å². The van der Waals surface area contributed by atoms with Crippen LogP contribution >= 0.6 is 0 Å². The van der Waals surface area contributed by atoms with Gasteiger partial charge in [0.15, 0.2) is 0 Å². The van der Waals surface area contributed by atoms with Crippen LogP contribution in [0.3, 0.4) is 0 Å². The number of nitrogens with one attached hydrogen (secondary N) is 2. The fourth-order valence-electron chi connectivity index (χ4n) is 3.90. The Balaban J connectivity index is 1.80. The van der Waals surface area contributed by atoms with Crippen molar-refractivity contribution >= 4 is 43.0 Å². The third-order valence-electron chi connectivity index (χ3n) is 5.62. The van der Waals surface area contributed by atoms with Crippen molar-refractivity contribution in [3.63, 3.8) is 0 Å². The van der Waals surface area contributed by atoms with Crippen LogP contribution in [0, 0.1) is 27.7 Å². The van der Waals surface area contributed by atoms with Gasteiger partial charge in [0.1, 0.15) is 6.04 Å². The number of rotatable bonds is 8. The summed E-state index contributed by atoms with van der Waals surface area (Å²) < 4.78 is 54.5. The Labute approximate surface area is 213 Å². The number of benzene rings is 3. The fourth-order valence-corrected chi connectivity index (χ4v) is 6.18. The first kappa shape index (κ1) is 27.2. The highest BCUT2D eigenvalue weighted by Gasteiger charge is 2.29. The Morgan fingerprint density at radius 1 is 0.806 bits per heavy atom. The van der Waals surface area contributed by atoms with Crippen LogP contribution in [-0.4, -0.2) is 35.0 Å². The molecule has 0 unspecified atom stereocenters. The van der Waals surface area contributed by atoms with Gasteiger partial charge in [-0.15, -0.1) is 0 Å². The number of sulfonamides is 2. The average molecular weight is 530 g/mol. The normalized spacial score (nSPS) is 12.6. The highest BCUT2D eigenvalue weighted by atomic mass is 32.2. The average Bonchev–Trinajstić information content (AvgIpc) is 2.75. The zero-order chi connectivity index (χ0) is 26.8. The number of nitrogens with zero attached hydrogens (tertiary/aromatic N) is 1. The highest BCUT2D eigenvalue weighted by molar-refractivity contribution is 7.92. The van der Waals surface area contributed by atoms with Gasteiger partial charge < -0.3 is 5.32 Å². The molecular formula is C26H31N3O5S2. The van der Waals surface area contributed by atoms with Crippen molar-refractivity contribution in [2.24, 2.45) is 0 Å². The zero-order valence-electron chi connectivity index (χ0n) is 21.2. The maximum atomic E-state index is 13.0. The number of hydrogen-bond donors (Lipinski definition) is 2. The summed E-state index contributed by atoms with van der Waals surface area (Å²) >= 11 is 0. The van der Waals surface area contributed by atoms with Gasteiger partial charge in [-0.1, -0.05) is 18.2 Å². The monoisotopic (exact) mass is 529 g/mol. The molecule has 36 heavy (non-hydrogen) atoms. The molecule has 0 aliphatic rings. The number of anilines is 3. The molecule has 0 bridgehead atoms. The van der Waals surface area contributed by atoms with Gasteiger partial charge in [0.25, 0.3) is 10.0 Å². The van der Waals surface area contributed by atoms with Crippen LogP contribution in [0.2, 0.25) is 0 Å². The van der Waals surface area contributed by atoms with Crippen LogP contribution in [0.25, 0.3) is 0 Å². The van der Waals surface area contributed by atoms with E-state index in [0.717, 1.165) is 32.8 Å². The summed E-state index contributed by atoms with van der Waals surface area (Å²) in [5.41, 5.74) is 4.70. The van der Waals surface area contributed by atoms with Crippen LogP contribution in [0.1, 0.15) is 29.2 Å². The van der Waals surface area contributed by atoms with E-state index in [1.54, 1.807) is 18.2 Å². The van der Waals surface area contributed by atoms with E-state index in [0.29, 0.717) is 17.1 Å². The van der Waals surface area contributed by atoms with E-state index in [-0.39, 0.29) is 4.90 Å². The number of carbonyl (C=O) groups excluding carboxylic acids is 1. The minimum Gasteiger partial charge on any atom is -0.324 e. The van der Waals surface area contributed by atoms with Crippen molar-refractivity contribution in [3.05, 3.63) is 82.9 Å². The molecule has 1 amide bonds. The minimum absolute atomic E-state index is 0.0300.